The minimum atomic E-state index is -0.710. The van der Waals surface area contributed by atoms with E-state index >= 15 is 0 Å². The van der Waals surface area contributed by atoms with E-state index in [4.69, 9.17) is 0 Å². The van der Waals surface area contributed by atoms with E-state index in [1.54, 1.807) is 0 Å². The van der Waals surface area contributed by atoms with Crippen LogP contribution in [-0.4, -0.2) is 11.3 Å². The van der Waals surface area contributed by atoms with Crippen LogP contribution in [0.2, 0.25) is 0 Å². The van der Waals surface area contributed by atoms with Gasteiger partial charge in [0.25, 0.3) is 0 Å². The second-order valence-electron chi connectivity index (χ2n) is 4.03. The molecule has 0 spiro atoms. The summed E-state index contributed by atoms with van der Waals surface area (Å²) in [7, 11) is 0. The highest BCUT2D eigenvalue weighted by molar-refractivity contribution is 5.18. The van der Waals surface area contributed by atoms with Gasteiger partial charge in [-0.3, -0.25) is 0 Å². The molecule has 0 aliphatic heterocycles. The fourth-order valence-corrected chi connectivity index (χ4v) is 2.17. The highest BCUT2D eigenvalue weighted by Gasteiger charge is 2.30. The fraction of sp³-hybridized carbons (Fsp3) is 0.500. The SMILES string of the molecule is OC(c1ccccc1)C1CCC(F)C1. The lowest BCUT2D eigenvalue weighted by Crippen LogP contribution is -2.09. The Kier molecular flexibility index (Phi) is 2.82. The summed E-state index contributed by atoms with van der Waals surface area (Å²) >= 11 is 0. The van der Waals surface area contributed by atoms with E-state index in [9.17, 15) is 9.50 Å². The normalized spacial score (nSPS) is 29.0. The van der Waals surface area contributed by atoms with Crippen LogP contribution in [0.15, 0.2) is 30.3 Å². The van der Waals surface area contributed by atoms with Gasteiger partial charge in [0.1, 0.15) is 6.17 Å². The summed E-state index contributed by atoms with van der Waals surface area (Å²) in [5, 5.41) is 9.97. The lowest BCUT2D eigenvalue weighted by atomic mass is 9.94. The number of hydrogen-bond acceptors (Lipinski definition) is 1. The van der Waals surface area contributed by atoms with Crippen molar-refractivity contribution >= 4 is 0 Å². The molecule has 1 fully saturated rings. The largest absolute Gasteiger partial charge is 0.388 e. The smallest absolute Gasteiger partial charge is 0.101 e. The van der Waals surface area contributed by atoms with Crippen molar-refractivity contribution < 1.29 is 9.50 Å². The first-order valence-corrected chi connectivity index (χ1v) is 5.14. The number of alkyl halides is 1. The molecular weight excluding hydrogens is 179 g/mol. The highest BCUT2D eigenvalue weighted by Crippen LogP contribution is 2.36. The Morgan fingerprint density at radius 2 is 1.93 bits per heavy atom. The van der Waals surface area contributed by atoms with Crippen LogP contribution in [0.1, 0.15) is 30.9 Å². The van der Waals surface area contributed by atoms with Gasteiger partial charge >= 0.3 is 0 Å². The molecule has 14 heavy (non-hydrogen) atoms. The summed E-state index contributed by atoms with van der Waals surface area (Å²) in [5.74, 6) is 0.104. The molecule has 1 aliphatic carbocycles. The number of aliphatic hydroxyl groups is 1. The van der Waals surface area contributed by atoms with Crippen molar-refractivity contribution in [2.45, 2.75) is 31.5 Å². The zero-order chi connectivity index (χ0) is 9.97. The van der Waals surface area contributed by atoms with E-state index in [-0.39, 0.29) is 5.92 Å². The molecule has 76 valence electrons. The molecule has 1 N–H and O–H groups in total. The Hall–Kier alpha value is -0.890. The molecule has 1 aromatic rings. The van der Waals surface area contributed by atoms with Crippen LogP contribution in [0.5, 0.6) is 0 Å². The van der Waals surface area contributed by atoms with Gasteiger partial charge in [-0.2, -0.15) is 0 Å². The van der Waals surface area contributed by atoms with Crippen LogP contribution in [0.3, 0.4) is 0 Å². The fourth-order valence-electron chi connectivity index (χ4n) is 2.17. The van der Waals surface area contributed by atoms with Crippen LogP contribution >= 0.6 is 0 Å². The van der Waals surface area contributed by atoms with E-state index in [0.29, 0.717) is 12.8 Å². The average Bonchev–Trinajstić information content (AvgIpc) is 2.65. The molecule has 1 aromatic carbocycles. The molecule has 1 saturated carbocycles. The molecule has 0 aromatic heterocycles. The first-order chi connectivity index (χ1) is 6.77. The number of benzene rings is 1. The highest BCUT2D eigenvalue weighted by atomic mass is 19.1. The maximum atomic E-state index is 12.9. The first-order valence-electron chi connectivity index (χ1n) is 5.14. The second-order valence-corrected chi connectivity index (χ2v) is 4.03. The Morgan fingerprint density at radius 3 is 2.50 bits per heavy atom. The maximum absolute atomic E-state index is 12.9. The van der Waals surface area contributed by atoms with Crippen molar-refractivity contribution in [3.8, 4) is 0 Å². The number of halogens is 1. The van der Waals surface area contributed by atoms with E-state index in [1.165, 1.54) is 0 Å². The molecular formula is C12H15FO. The lowest BCUT2D eigenvalue weighted by molar-refractivity contribution is 0.107. The topological polar surface area (TPSA) is 20.2 Å². The summed E-state index contributed by atoms with van der Waals surface area (Å²) in [5.41, 5.74) is 0.909. The molecule has 1 nitrogen and oxygen atoms in total. The van der Waals surface area contributed by atoms with E-state index < -0.39 is 12.3 Å². The molecule has 2 heteroatoms. The third kappa shape index (κ3) is 1.95. The predicted octanol–water partition coefficient (Wildman–Crippen LogP) is 2.86. The number of rotatable bonds is 2. The summed E-state index contributed by atoms with van der Waals surface area (Å²) in [4.78, 5) is 0. The third-order valence-corrected chi connectivity index (χ3v) is 3.00. The molecule has 0 bridgehead atoms. The van der Waals surface area contributed by atoms with Crippen LogP contribution in [0, 0.1) is 5.92 Å². The van der Waals surface area contributed by atoms with Gasteiger partial charge in [0, 0.05) is 0 Å². The molecule has 0 saturated heterocycles. The molecule has 3 unspecified atom stereocenters. The predicted molar refractivity (Wildman–Crippen MR) is 53.6 cm³/mol. The molecule has 2 rings (SSSR count). The Labute approximate surface area is 83.6 Å². The third-order valence-electron chi connectivity index (χ3n) is 3.00. The van der Waals surface area contributed by atoms with E-state index in [0.717, 1.165) is 12.0 Å². The lowest BCUT2D eigenvalue weighted by Gasteiger charge is -2.17. The number of aliphatic hydroxyl groups excluding tert-OH is 1. The van der Waals surface area contributed by atoms with Gasteiger partial charge in [-0.05, 0) is 30.7 Å². The van der Waals surface area contributed by atoms with Gasteiger partial charge in [-0.25, -0.2) is 4.39 Å². The minimum absolute atomic E-state index is 0.104. The van der Waals surface area contributed by atoms with Crippen molar-refractivity contribution in [1.29, 1.82) is 0 Å². The standard InChI is InChI=1S/C12H15FO/c13-11-7-6-10(8-11)12(14)9-4-2-1-3-5-9/h1-5,10-12,14H,6-8H2. The van der Waals surface area contributed by atoms with Gasteiger partial charge in [-0.15, -0.1) is 0 Å². The Balaban J connectivity index is 2.05. The van der Waals surface area contributed by atoms with Crippen molar-refractivity contribution in [3.05, 3.63) is 35.9 Å². The van der Waals surface area contributed by atoms with Crippen molar-refractivity contribution in [2.75, 3.05) is 0 Å². The molecule has 0 heterocycles. The van der Waals surface area contributed by atoms with Gasteiger partial charge in [0.2, 0.25) is 0 Å². The minimum Gasteiger partial charge on any atom is -0.388 e. The Morgan fingerprint density at radius 1 is 1.21 bits per heavy atom. The van der Waals surface area contributed by atoms with Crippen LogP contribution < -0.4 is 0 Å². The molecule has 0 amide bonds. The van der Waals surface area contributed by atoms with Crippen molar-refractivity contribution in [2.24, 2.45) is 5.92 Å². The summed E-state index contributed by atoms with van der Waals surface area (Å²) < 4.78 is 12.9. The Bertz CT molecular complexity index is 286. The van der Waals surface area contributed by atoms with Gasteiger partial charge in [0.15, 0.2) is 0 Å². The van der Waals surface area contributed by atoms with Crippen molar-refractivity contribution in [3.63, 3.8) is 0 Å². The average molecular weight is 194 g/mol. The van der Waals surface area contributed by atoms with Crippen LogP contribution in [0.25, 0.3) is 0 Å². The van der Waals surface area contributed by atoms with Gasteiger partial charge < -0.3 is 5.11 Å². The zero-order valence-corrected chi connectivity index (χ0v) is 8.07. The molecule has 3 atom stereocenters. The van der Waals surface area contributed by atoms with E-state index in [2.05, 4.69) is 0 Å². The van der Waals surface area contributed by atoms with Crippen molar-refractivity contribution in [1.82, 2.24) is 0 Å². The van der Waals surface area contributed by atoms with Gasteiger partial charge in [-0.1, -0.05) is 30.3 Å². The summed E-state index contributed by atoms with van der Waals surface area (Å²) in [6.45, 7) is 0. The van der Waals surface area contributed by atoms with E-state index in [1.807, 2.05) is 30.3 Å². The second kappa shape index (κ2) is 4.09. The maximum Gasteiger partial charge on any atom is 0.101 e. The van der Waals surface area contributed by atoms with Gasteiger partial charge in [0.05, 0.1) is 6.10 Å². The summed E-state index contributed by atoms with van der Waals surface area (Å²) in [6, 6.07) is 9.52. The molecule has 1 aliphatic rings. The van der Waals surface area contributed by atoms with Crippen LogP contribution in [-0.2, 0) is 0 Å². The number of hydrogen-bond donors (Lipinski definition) is 1. The zero-order valence-electron chi connectivity index (χ0n) is 8.07. The summed E-state index contributed by atoms with van der Waals surface area (Å²) in [6.07, 6.45) is 0.720. The monoisotopic (exact) mass is 194 g/mol. The first kappa shape index (κ1) is 9.66. The van der Waals surface area contributed by atoms with Crippen LogP contribution in [0.4, 0.5) is 4.39 Å². The molecule has 0 radical (unpaired) electrons. The quantitative estimate of drug-likeness (QED) is 0.767.